The molecule has 12 nitrogen and oxygen atoms in total. The minimum absolute atomic E-state index is 0.125. The molecule has 8 saturated carbocycles. The number of carbonyl (C=O) groups is 6. The first-order chi connectivity index (χ1) is 17.4. The lowest BCUT2D eigenvalue weighted by atomic mass is 9.24. The van der Waals surface area contributed by atoms with Crippen LogP contribution in [-0.2, 0) is 28.8 Å². The van der Waals surface area contributed by atoms with E-state index >= 15 is 0 Å². The molecule has 0 unspecified atom stereocenters. The lowest BCUT2D eigenvalue weighted by Crippen LogP contribution is -2.75. The molecule has 0 spiro atoms. The van der Waals surface area contributed by atoms with Crippen LogP contribution in [0.1, 0.15) is 77.0 Å². The first-order valence-corrected chi connectivity index (χ1v) is 12.8. The van der Waals surface area contributed by atoms with Crippen LogP contribution in [0.2, 0.25) is 0 Å². The smallest absolute Gasteiger partial charge is 0.309 e. The molecular formula is C26H30O12. The van der Waals surface area contributed by atoms with Crippen molar-refractivity contribution in [2.45, 2.75) is 77.0 Å². The topological polar surface area (TPSA) is 224 Å². The normalized spacial score (nSPS) is 51.5. The van der Waals surface area contributed by atoms with Crippen molar-refractivity contribution in [2.24, 2.45) is 43.3 Å². The molecule has 6 N–H and O–H groups in total. The van der Waals surface area contributed by atoms with Crippen molar-refractivity contribution in [3.05, 3.63) is 0 Å². The van der Waals surface area contributed by atoms with Gasteiger partial charge in [0.15, 0.2) is 0 Å². The Morgan fingerprint density at radius 1 is 0.289 bits per heavy atom. The number of carboxylic acids is 6. The molecule has 0 aromatic heterocycles. The summed E-state index contributed by atoms with van der Waals surface area (Å²) in [7, 11) is 0. The molecule has 8 aliphatic carbocycles. The van der Waals surface area contributed by atoms with E-state index in [0.717, 1.165) is 0 Å². The van der Waals surface area contributed by atoms with Crippen molar-refractivity contribution >= 4 is 35.8 Å². The summed E-state index contributed by atoms with van der Waals surface area (Å²) >= 11 is 0. The van der Waals surface area contributed by atoms with Crippen LogP contribution in [0.25, 0.3) is 0 Å². The zero-order chi connectivity index (χ0) is 27.9. The highest BCUT2D eigenvalue weighted by atomic mass is 16.4. The summed E-state index contributed by atoms with van der Waals surface area (Å²) < 4.78 is 0. The Balaban J connectivity index is 1.65. The highest BCUT2D eigenvalue weighted by Crippen LogP contribution is 2.85. The molecule has 8 fully saturated rings. The van der Waals surface area contributed by atoms with Crippen molar-refractivity contribution < 1.29 is 59.4 Å². The van der Waals surface area contributed by atoms with E-state index in [1.54, 1.807) is 0 Å². The second-order valence-corrected chi connectivity index (χ2v) is 14.2. The third-order valence-corrected chi connectivity index (χ3v) is 12.0. The van der Waals surface area contributed by atoms with Gasteiger partial charge in [-0.05, 0) is 87.9 Å². The highest BCUT2D eigenvalue weighted by molar-refractivity contribution is 5.88. The maximum absolute atomic E-state index is 12.8. The second kappa shape index (κ2) is 6.51. The summed E-state index contributed by atoms with van der Waals surface area (Å²) in [5.74, 6) is -7.94. The molecule has 12 heteroatoms. The molecule has 0 aliphatic heterocycles. The molecule has 0 aromatic rings. The molecule has 0 atom stereocenters. The van der Waals surface area contributed by atoms with Gasteiger partial charge in [-0.15, -0.1) is 0 Å². The monoisotopic (exact) mass is 534 g/mol. The molecule has 0 heterocycles. The summed E-state index contributed by atoms with van der Waals surface area (Å²) in [6.07, 6.45) is -2.36. The van der Waals surface area contributed by atoms with E-state index in [1.807, 2.05) is 0 Å². The van der Waals surface area contributed by atoms with E-state index in [9.17, 15) is 59.4 Å². The molecule has 8 rings (SSSR count). The van der Waals surface area contributed by atoms with Gasteiger partial charge in [0.1, 0.15) is 0 Å². The second-order valence-electron chi connectivity index (χ2n) is 14.2. The number of aliphatic carboxylic acids is 6. The first-order valence-electron chi connectivity index (χ1n) is 12.8. The average molecular weight is 535 g/mol. The van der Waals surface area contributed by atoms with Crippen molar-refractivity contribution in [2.75, 3.05) is 0 Å². The Morgan fingerprint density at radius 3 is 0.526 bits per heavy atom. The number of hydrogen-bond donors (Lipinski definition) is 6. The van der Waals surface area contributed by atoms with Gasteiger partial charge in [0.25, 0.3) is 0 Å². The molecule has 0 aromatic carbocycles. The van der Waals surface area contributed by atoms with Crippen molar-refractivity contribution in [3.63, 3.8) is 0 Å². The minimum atomic E-state index is -1.71. The van der Waals surface area contributed by atoms with Crippen LogP contribution in [0, 0.1) is 43.3 Å². The molecule has 0 saturated heterocycles. The predicted octanol–water partition coefficient (Wildman–Crippen LogP) is 2.15. The fourth-order valence-corrected chi connectivity index (χ4v) is 11.8. The fourth-order valence-electron chi connectivity index (χ4n) is 11.8. The molecule has 206 valence electrons. The Morgan fingerprint density at radius 2 is 0.421 bits per heavy atom. The summed E-state index contributed by atoms with van der Waals surface area (Å²) in [5, 5.41) is 62.5. The van der Waals surface area contributed by atoms with Crippen LogP contribution in [0.5, 0.6) is 0 Å². The third-order valence-electron chi connectivity index (χ3n) is 12.0. The SMILES string of the molecule is O=C(O)C12CC3(C(=O)O)CC(C(=O)O)(C1)CC(C14CC5(C(=O)O)CC(C(=O)O)(CC(C(=O)O)(C5)C1)C4)(C2)C3. The van der Waals surface area contributed by atoms with Crippen molar-refractivity contribution in [3.8, 4) is 0 Å². The van der Waals surface area contributed by atoms with E-state index < -0.39 is 79.1 Å². The lowest BCUT2D eigenvalue weighted by molar-refractivity contribution is -0.296. The standard InChI is InChI=1S/C26H30O12/c27-13(28)19-1-20(14(29)30)3-21(2-19,15(31)32)9-25(7-19,8-20)26-10-22(16(33)34)4-23(11-26,17(35)36)6-24(5-22,12-26)18(37)38/h1-12H2,(H,27,28)(H,29,30)(H,31,32)(H,33,34)(H,35,36)(H,37,38). The summed E-state index contributed by atoms with van der Waals surface area (Å²) in [6.45, 7) is 0. The van der Waals surface area contributed by atoms with Gasteiger partial charge in [0.2, 0.25) is 0 Å². The van der Waals surface area contributed by atoms with Crippen LogP contribution < -0.4 is 0 Å². The van der Waals surface area contributed by atoms with Crippen LogP contribution >= 0.6 is 0 Å². The summed E-state index contributed by atoms with van der Waals surface area (Å²) in [5.41, 5.74) is -13.0. The molecular weight excluding hydrogens is 504 g/mol. The Labute approximate surface area is 216 Å². The molecule has 0 amide bonds. The first kappa shape index (κ1) is 25.1. The van der Waals surface area contributed by atoms with Gasteiger partial charge in [-0.2, -0.15) is 0 Å². The predicted molar refractivity (Wildman–Crippen MR) is 121 cm³/mol. The van der Waals surface area contributed by atoms with E-state index in [4.69, 9.17) is 0 Å². The molecule has 8 bridgehead atoms. The van der Waals surface area contributed by atoms with Crippen LogP contribution in [0.4, 0.5) is 0 Å². The zero-order valence-corrected chi connectivity index (χ0v) is 20.6. The van der Waals surface area contributed by atoms with Crippen molar-refractivity contribution in [1.29, 1.82) is 0 Å². The number of carboxylic acid groups (broad SMARTS) is 6. The third kappa shape index (κ3) is 2.57. The van der Waals surface area contributed by atoms with E-state index in [2.05, 4.69) is 0 Å². The highest BCUT2D eigenvalue weighted by Gasteiger charge is 2.83. The largest absolute Gasteiger partial charge is 0.481 e. The van der Waals surface area contributed by atoms with Crippen LogP contribution in [0.3, 0.4) is 0 Å². The number of rotatable bonds is 7. The Bertz CT molecular complexity index is 1000. The fraction of sp³-hybridized carbons (Fsp3) is 0.769. The van der Waals surface area contributed by atoms with Gasteiger partial charge >= 0.3 is 35.8 Å². The summed E-state index contributed by atoms with van der Waals surface area (Å²) in [4.78, 5) is 76.8. The molecule has 8 aliphatic rings. The van der Waals surface area contributed by atoms with Gasteiger partial charge in [-0.1, -0.05) is 0 Å². The Hall–Kier alpha value is -3.18. The van der Waals surface area contributed by atoms with E-state index in [1.165, 1.54) is 0 Å². The van der Waals surface area contributed by atoms with Crippen LogP contribution in [0.15, 0.2) is 0 Å². The maximum Gasteiger partial charge on any atom is 0.309 e. The van der Waals surface area contributed by atoms with Crippen LogP contribution in [-0.4, -0.2) is 66.5 Å². The molecule has 38 heavy (non-hydrogen) atoms. The molecule has 0 radical (unpaired) electrons. The summed E-state index contributed by atoms with van der Waals surface area (Å²) in [6, 6.07) is 0. The average Bonchev–Trinajstić information content (AvgIpc) is 2.77. The maximum atomic E-state index is 12.8. The quantitative estimate of drug-likeness (QED) is 0.276. The Kier molecular flexibility index (Phi) is 4.30. The zero-order valence-electron chi connectivity index (χ0n) is 20.6. The number of hydrogen-bond acceptors (Lipinski definition) is 6. The van der Waals surface area contributed by atoms with E-state index in [0.29, 0.717) is 0 Å². The lowest BCUT2D eigenvalue weighted by Gasteiger charge is -2.77. The van der Waals surface area contributed by atoms with Gasteiger partial charge in [-0.25, -0.2) is 0 Å². The van der Waals surface area contributed by atoms with Gasteiger partial charge in [0, 0.05) is 0 Å². The van der Waals surface area contributed by atoms with Gasteiger partial charge in [-0.3, -0.25) is 28.8 Å². The van der Waals surface area contributed by atoms with Gasteiger partial charge in [0.05, 0.1) is 32.5 Å². The van der Waals surface area contributed by atoms with Gasteiger partial charge < -0.3 is 30.6 Å². The van der Waals surface area contributed by atoms with Crippen molar-refractivity contribution in [1.82, 2.24) is 0 Å². The minimum Gasteiger partial charge on any atom is -0.481 e. The van der Waals surface area contributed by atoms with E-state index in [-0.39, 0.29) is 77.0 Å².